The van der Waals surface area contributed by atoms with Gasteiger partial charge in [-0.25, -0.2) is 0 Å². The molecule has 0 fully saturated rings. The lowest BCUT2D eigenvalue weighted by atomic mass is 9.93. The minimum absolute atomic E-state index is 0.114. The van der Waals surface area contributed by atoms with E-state index in [1.807, 2.05) is 13.0 Å². The number of carbonyl (C=O) groups is 1. The summed E-state index contributed by atoms with van der Waals surface area (Å²) >= 11 is 0. The van der Waals surface area contributed by atoms with Gasteiger partial charge in [0.2, 0.25) is 5.91 Å². The molecule has 0 aromatic carbocycles. The van der Waals surface area contributed by atoms with Crippen molar-refractivity contribution in [1.82, 2.24) is 10.6 Å². The van der Waals surface area contributed by atoms with Crippen molar-refractivity contribution < 1.29 is 9.21 Å². The summed E-state index contributed by atoms with van der Waals surface area (Å²) in [4.78, 5) is 11.3. The molecule has 1 aliphatic carbocycles. The van der Waals surface area contributed by atoms with Crippen LogP contribution in [0.1, 0.15) is 43.6 Å². The second kappa shape index (κ2) is 5.87. The summed E-state index contributed by atoms with van der Waals surface area (Å²) in [6.07, 6.45) is 5.62. The Kier molecular flexibility index (Phi) is 4.20. The van der Waals surface area contributed by atoms with Crippen LogP contribution in [0.4, 0.5) is 0 Å². The molecule has 1 aliphatic rings. The first kappa shape index (κ1) is 12.2. The van der Waals surface area contributed by atoms with E-state index in [0.29, 0.717) is 19.0 Å². The molecule has 4 nitrogen and oxygen atoms in total. The van der Waals surface area contributed by atoms with Crippen LogP contribution >= 0.6 is 0 Å². The number of carbonyl (C=O) groups excluding carboxylic acids is 1. The third-order valence-corrected chi connectivity index (χ3v) is 3.17. The van der Waals surface area contributed by atoms with Crippen LogP contribution in [0.3, 0.4) is 0 Å². The Balaban J connectivity index is 1.79. The second-order valence-electron chi connectivity index (χ2n) is 4.40. The molecule has 0 spiro atoms. The molecule has 1 atom stereocenters. The van der Waals surface area contributed by atoms with E-state index < -0.39 is 0 Å². The first-order chi connectivity index (χ1) is 8.31. The maximum absolute atomic E-state index is 11.3. The summed E-state index contributed by atoms with van der Waals surface area (Å²) in [7, 11) is 0. The van der Waals surface area contributed by atoms with Crippen LogP contribution in [0.5, 0.6) is 0 Å². The van der Waals surface area contributed by atoms with Crippen LogP contribution in [0.15, 0.2) is 16.7 Å². The highest BCUT2D eigenvalue weighted by Crippen LogP contribution is 2.30. The lowest BCUT2D eigenvalue weighted by molar-refractivity contribution is -0.120. The van der Waals surface area contributed by atoms with Crippen LogP contribution in [0.2, 0.25) is 0 Å². The minimum Gasteiger partial charge on any atom is -0.469 e. The van der Waals surface area contributed by atoms with Crippen molar-refractivity contribution in [1.29, 1.82) is 0 Å². The van der Waals surface area contributed by atoms with Gasteiger partial charge >= 0.3 is 0 Å². The lowest BCUT2D eigenvalue weighted by Crippen LogP contribution is -2.30. The van der Waals surface area contributed by atoms with Crippen LogP contribution in [-0.4, -0.2) is 19.0 Å². The average molecular weight is 236 g/mol. The average Bonchev–Trinajstić information content (AvgIpc) is 2.78. The van der Waals surface area contributed by atoms with Crippen LogP contribution in [0.25, 0.3) is 0 Å². The SMILES string of the molecule is CCNC(=O)CCNC1CCCc2occc21. The zero-order valence-corrected chi connectivity index (χ0v) is 10.3. The Morgan fingerprint density at radius 1 is 1.59 bits per heavy atom. The first-order valence-electron chi connectivity index (χ1n) is 6.37. The van der Waals surface area contributed by atoms with Gasteiger partial charge in [0.15, 0.2) is 0 Å². The Morgan fingerprint density at radius 3 is 3.29 bits per heavy atom. The van der Waals surface area contributed by atoms with Gasteiger partial charge in [-0.05, 0) is 25.8 Å². The van der Waals surface area contributed by atoms with Gasteiger partial charge in [0.1, 0.15) is 5.76 Å². The van der Waals surface area contributed by atoms with E-state index in [9.17, 15) is 4.79 Å². The zero-order valence-electron chi connectivity index (χ0n) is 10.3. The molecule has 1 unspecified atom stereocenters. The number of aryl methyl sites for hydroxylation is 1. The molecule has 0 radical (unpaired) electrons. The fraction of sp³-hybridized carbons (Fsp3) is 0.615. The van der Waals surface area contributed by atoms with Crippen molar-refractivity contribution in [2.75, 3.05) is 13.1 Å². The first-order valence-corrected chi connectivity index (χ1v) is 6.37. The molecule has 1 amide bonds. The third-order valence-electron chi connectivity index (χ3n) is 3.17. The van der Waals surface area contributed by atoms with E-state index in [0.717, 1.165) is 31.6 Å². The van der Waals surface area contributed by atoms with E-state index >= 15 is 0 Å². The Hall–Kier alpha value is -1.29. The molecule has 1 aromatic rings. The summed E-state index contributed by atoms with van der Waals surface area (Å²) in [5.41, 5.74) is 1.27. The quantitative estimate of drug-likeness (QED) is 0.819. The molecule has 0 saturated heterocycles. The molecule has 0 saturated carbocycles. The molecule has 1 aromatic heterocycles. The summed E-state index contributed by atoms with van der Waals surface area (Å²) in [5.74, 6) is 1.22. The normalized spacial score (nSPS) is 18.8. The molecule has 94 valence electrons. The highest BCUT2D eigenvalue weighted by molar-refractivity contribution is 5.75. The van der Waals surface area contributed by atoms with E-state index in [1.54, 1.807) is 6.26 Å². The standard InChI is InChI=1S/C13H20N2O2/c1-2-14-13(16)6-8-15-11-4-3-5-12-10(11)7-9-17-12/h7,9,11,15H,2-6,8H2,1H3,(H,14,16). The molecular weight excluding hydrogens is 216 g/mol. The predicted molar refractivity (Wildman–Crippen MR) is 65.7 cm³/mol. The van der Waals surface area contributed by atoms with Crippen LogP contribution in [0, 0.1) is 0 Å². The van der Waals surface area contributed by atoms with Crippen molar-refractivity contribution in [3.63, 3.8) is 0 Å². The number of amides is 1. The summed E-state index contributed by atoms with van der Waals surface area (Å²) in [6.45, 7) is 3.36. The second-order valence-corrected chi connectivity index (χ2v) is 4.40. The molecular formula is C13H20N2O2. The fourth-order valence-corrected chi connectivity index (χ4v) is 2.34. The molecule has 0 aliphatic heterocycles. The van der Waals surface area contributed by atoms with Crippen molar-refractivity contribution in [3.05, 3.63) is 23.7 Å². The summed E-state index contributed by atoms with van der Waals surface area (Å²) < 4.78 is 5.43. The van der Waals surface area contributed by atoms with Gasteiger partial charge in [-0.15, -0.1) is 0 Å². The van der Waals surface area contributed by atoms with Gasteiger partial charge in [0.05, 0.1) is 6.26 Å². The molecule has 0 bridgehead atoms. The monoisotopic (exact) mass is 236 g/mol. The number of furan rings is 1. The van der Waals surface area contributed by atoms with E-state index in [4.69, 9.17) is 4.42 Å². The van der Waals surface area contributed by atoms with Gasteiger partial charge in [0, 0.05) is 37.5 Å². The predicted octanol–water partition coefficient (Wildman–Crippen LogP) is 1.77. The van der Waals surface area contributed by atoms with Gasteiger partial charge < -0.3 is 15.1 Å². The van der Waals surface area contributed by atoms with Crippen molar-refractivity contribution in [2.24, 2.45) is 0 Å². The van der Waals surface area contributed by atoms with Crippen LogP contribution < -0.4 is 10.6 Å². The maximum atomic E-state index is 11.3. The lowest BCUT2D eigenvalue weighted by Gasteiger charge is -2.22. The number of nitrogens with one attached hydrogen (secondary N) is 2. The number of hydrogen-bond acceptors (Lipinski definition) is 3. The number of hydrogen-bond donors (Lipinski definition) is 2. The van der Waals surface area contributed by atoms with E-state index in [-0.39, 0.29) is 5.91 Å². The Labute approximate surface area is 102 Å². The van der Waals surface area contributed by atoms with Gasteiger partial charge in [-0.2, -0.15) is 0 Å². The van der Waals surface area contributed by atoms with Gasteiger partial charge in [-0.3, -0.25) is 4.79 Å². The highest BCUT2D eigenvalue weighted by Gasteiger charge is 2.21. The minimum atomic E-state index is 0.114. The molecule has 4 heteroatoms. The highest BCUT2D eigenvalue weighted by atomic mass is 16.3. The molecule has 17 heavy (non-hydrogen) atoms. The van der Waals surface area contributed by atoms with E-state index in [2.05, 4.69) is 10.6 Å². The Bertz CT molecular complexity index is 373. The third kappa shape index (κ3) is 3.09. The molecule has 1 heterocycles. The summed E-state index contributed by atoms with van der Waals surface area (Å²) in [6, 6.07) is 2.39. The molecule has 2 rings (SSSR count). The van der Waals surface area contributed by atoms with E-state index in [1.165, 1.54) is 5.56 Å². The van der Waals surface area contributed by atoms with Crippen molar-refractivity contribution >= 4 is 5.91 Å². The van der Waals surface area contributed by atoms with Crippen molar-refractivity contribution in [2.45, 2.75) is 38.6 Å². The molecule has 2 N–H and O–H groups in total. The maximum Gasteiger partial charge on any atom is 0.221 e. The van der Waals surface area contributed by atoms with Gasteiger partial charge in [-0.1, -0.05) is 0 Å². The van der Waals surface area contributed by atoms with Crippen molar-refractivity contribution in [3.8, 4) is 0 Å². The zero-order chi connectivity index (χ0) is 12.1. The largest absolute Gasteiger partial charge is 0.469 e. The fourth-order valence-electron chi connectivity index (χ4n) is 2.34. The van der Waals surface area contributed by atoms with Crippen LogP contribution in [-0.2, 0) is 11.2 Å². The summed E-state index contributed by atoms with van der Waals surface area (Å²) in [5, 5.41) is 6.23. The topological polar surface area (TPSA) is 54.3 Å². The number of fused-ring (bicyclic) bond motifs is 1. The smallest absolute Gasteiger partial charge is 0.221 e. The Morgan fingerprint density at radius 2 is 2.47 bits per heavy atom. The van der Waals surface area contributed by atoms with Gasteiger partial charge in [0.25, 0.3) is 0 Å². The number of rotatable bonds is 5.